The number of hydrogen-bond donors (Lipinski definition) is 1. The lowest BCUT2D eigenvalue weighted by molar-refractivity contribution is -0.144. The first-order valence-electron chi connectivity index (χ1n) is 3.45. The van der Waals surface area contributed by atoms with Gasteiger partial charge in [-0.2, -0.15) is 27.7 Å². The van der Waals surface area contributed by atoms with E-state index in [2.05, 4.69) is 22.2 Å². The summed E-state index contributed by atoms with van der Waals surface area (Å²) in [6.45, 7) is 0. The zero-order chi connectivity index (χ0) is 11.2. The van der Waals surface area contributed by atoms with Gasteiger partial charge in [0, 0.05) is 0 Å². The third-order valence-electron chi connectivity index (χ3n) is 1.45. The van der Waals surface area contributed by atoms with E-state index in [1.54, 1.807) is 5.10 Å². The molecule has 0 radical (unpaired) electrons. The van der Waals surface area contributed by atoms with E-state index in [0.717, 1.165) is 0 Å². The number of aromatic nitrogens is 4. The van der Waals surface area contributed by atoms with E-state index in [9.17, 15) is 18.0 Å². The van der Waals surface area contributed by atoms with E-state index in [-0.39, 0.29) is 9.73 Å². The van der Waals surface area contributed by atoms with Gasteiger partial charge in [0.05, 0.1) is 0 Å². The van der Waals surface area contributed by atoms with Crippen LogP contribution in [-0.2, 0) is 6.18 Å². The minimum atomic E-state index is -4.65. The number of halogens is 3. The smallest absolute Gasteiger partial charge is 0.267 e. The molecule has 2 aromatic rings. The van der Waals surface area contributed by atoms with Crippen molar-refractivity contribution in [3.8, 4) is 0 Å². The van der Waals surface area contributed by atoms with Crippen molar-refractivity contribution in [3.63, 3.8) is 0 Å². The largest absolute Gasteiger partial charge is 0.451 e. The van der Waals surface area contributed by atoms with Crippen LogP contribution in [0.4, 0.5) is 13.2 Å². The Balaban J connectivity index is 2.83. The van der Waals surface area contributed by atoms with Crippen LogP contribution in [-0.4, -0.2) is 19.6 Å². The van der Waals surface area contributed by atoms with Crippen molar-refractivity contribution in [1.82, 2.24) is 19.6 Å². The fraction of sp³-hybridized carbons (Fsp3) is 0.200. The van der Waals surface area contributed by atoms with Gasteiger partial charge in [0.2, 0.25) is 5.82 Å². The molecule has 2 rings (SSSR count). The topological polar surface area (TPSA) is 63.0 Å². The van der Waals surface area contributed by atoms with Crippen LogP contribution in [0, 0.1) is 3.95 Å². The Kier molecular flexibility index (Phi) is 2.12. The zero-order valence-electron chi connectivity index (χ0n) is 6.70. The van der Waals surface area contributed by atoms with Gasteiger partial charge in [0.15, 0.2) is 3.95 Å². The second-order valence-electron chi connectivity index (χ2n) is 2.45. The minimum absolute atomic E-state index is 0.0553. The number of alkyl halides is 3. The number of nitrogens with one attached hydrogen (secondary N) is 1. The normalized spacial score (nSPS) is 12.2. The maximum absolute atomic E-state index is 12.2. The molecule has 0 aliphatic carbocycles. The molecule has 80 valence electrons. The van der Waals surface area contributed by atoms with E-state index in [0.29, 0.717) is 15.9 Å². The first-order chi connectivity index (χ1) is 6.88. The Morgan fingerprint density at radius 2 is 2.07 bits per heavy atom. The number of hydrogen-bond acceptors (Lipinski definition) is 5. The lowest BCUT2D eigenvalue weighted by Gasteiger charge is -1.98. The van der Waals surface area contributed by atoms with Crippen molar-refractivity contribution in [2.24, 2.45) is 0 Å². The summed E-state index contributed by atoms with van der Waals surface area (Å²) in [6.07, 6.45) is -4.65. The first kappa shape index (κ1) is 10.2. The van der Waals surface area contributed by atoms with E-state index in [1.807, 2.05) is 0 Å². The number of aromatic amines is 1. The fourth-order valence-electron chi connectivity index (χ4n) is 0.885. The van der Waals surface area contributed by atoms with E-state index in [1.165, 1.54) is 0 Å². The molecule has 1 N–H and O–H groups in total. The molecular formula is C5HF3N4OS2. The summed E-state index contributed by atoms with van der Waals surface area (Å²) in [5, 5.41) is 1.80. The summed E-state index contributed by atoms with van der Waals surface area (Å²) < 4.78 is 37.1. The summed E-state index contributed by atoms with van der Waals surface area (Å²) in [5.74, 6) is -1.66. The zero-order valence-corrected chi connectivity index (χ0v) is 8.33. The van der Waals surface area contributed by atoms with Gasteiger partial charge < -0.3 is 0 Å². The van der Waals surface area contributed by atoms with Crippen molar-refractivity contribution in [2.45, 2.75) is 6.18 Å². The molecule has 2 aromatic heterocycles. The highest BCUT2D eigenvalue weighted by atomic mass is 32.1. The monoisotopic (exact) mass is 254 g/mol. The highest BCUT2D eigenvalue weighted by molar-refractivity contribution is 7.73. The van der Waals surface area contributed by atoms with Gasteiger partial charge in [-0.1, -0.05) is 0 Å². The Morgan fingerprint density at radius 3 is 2.67 bits per heavy atom. The van der Waals surface area contributed by atoms with Crippen molar-refractivity contribution < 1.29 is 13.2 Å². The van der Waals surface area contributed by atoms with E-state index in [4.69, 9.17) is 0 Å². The van der Waals surface area contributed by atoms with E-state index >= 15 is 0 Å². The highest BCUT2D eigenvalue weighted by Gasteiger charge is 2.35. The predicted octanol–water partition coefficient (Wildman–Crippen LogP) is 1.23. The molecular weight excluding hydrogens is 253 g/mol. The van der Waals surface area contributed by atoms with Crippen LogP contribution >= 0.6 is 23.6 Å². The fourth-order valence-corrected chi connectivity index (χ4v) is 1.68. The summed E-state index contributed by atoms with van der Waals surface area (Å²) in [7, 11) is 0. The molecule has 0 saturated heterocycles. The van der Waals surface area contributed by atoms with Crippen LogP contribution in [0.2, 0.25) is 0 Å². The van der Waals surface area contributed by atoms with Gasteiger partial charge in [0.25, 0.3) is 5.78 Å². The number of H-pyrrole nitrogens is 1. The molecule has 0 unspecified atom stereocenters. The Morgan fingerprint density at radius 1 is 1.40 bits per heavy atom. The second-order valence-corrected chi connectivity index (χ2v) is 4.04. The second kappa shape index (κ2) is 3.10. The van der Waals surface area contributed by atoms with Crippen LogP contribution in [0.25, 0.3) is 5.78 Å². The molecule has 0 bridgehead atoms. The van der Waals surface area contributed by atoms with Gasteiger partial charge in [-0.05, 0) is 23.6 Å². The molecule has 0 fully saturated rings. The van der Waals surface area contributed by atoms with Gasteiger partial charge in [0.1, 0.15) is 0 Å². The lowest BCUT2D eigenvalue weighted by Crippen LogP contribution is -2.12. The van der Waals surface area contributed by atoms with Gasteiger partial charge in [-0.15, -0.1) is 0 Å². The van der Waals surface area contributed by atoms with Crippen LogP contribution in [0.3, 0.4) is 0 Å². The molecule has 0 aromatic carbocycles. The standard InChI is InChI=1S/C5HF3N4OS2/c6-5(7,8)1-9-2-10-3(14)15-4(13)12(2)11-1/h(H,9,10,11,14). The number of fused-ring (bicyclic) bond motifs is 1. The summed E-state index contributed by atoms with van der Waals surface area (Å²) in [5.41, 5.74) is 0. The maximum Gasteiger partial charge on any atom is 0.451 e. The number of nitrogens with zero attached hydrogens (tertiary/aromatic N) is 3. The van der Waals surface area contributed by atoms with Gasteiger partial charge >= 0.3 is 11.0 Å². The average molecular weight is 254 g/mol. The Bertz CT molecular complexity index is 623. The van der Waals surface area contributed by atoms with Crippen molar-refractivity contribution in [1.29, 1.82) is 0 Å². The van der Waals surface area contributed by atoms with Crippen LogP contribution in [0.15, 0.2) is 4.79 Å². The van der Waals surface area contributed by atoms with Crippen LogP contribution in [0.5, 0.6) is 0 Å². The molecule has 0 spiro atoms. The van der Waals surface area contributed by atoms with Crippen molar-refractivity contribution >= 4 is 29.3 Å². The molecule has 2 heterocycles. The molecule has 0 atom stereocenters. The molecule has 15 heavy (non-hydrogen) atoms. The van der Waals surface area contributed by atoms with E-state index < -0.39 is 16.9 Å². The minimum Gasteiger partial charge on any atom is -0.267 e. The van der Waals surface area contributed by atoms with Crippen LogP contribution in [0.1, 0.15) is 5.82 Å². The third kappa shape index (κ3) is 1.77. The number of rotatable bonds is 0. The average Bonchev–Trinajstić information content (AvgIpc) is 2.46. The van der Waals surface area contributed by atoms with Gasteiger partial charge in [-0.25, -0.2) is 0 Å². The summed E-state index contributed by atoms with van der Waals surface area (Å²) >= 11 is 5.15. The molecule has 0 aliphatic rings. The highest BCUT2D eigenvalue weighted by Crippen LogP contribution is 2.25. The summed E-state index contributed by atoms with van der Waals surface area (Å²) in [4.78, 5) is 17.1. The molecule has 5 nitrogen and oxygen atoms in total. The third-order valence-corrected chi connectivity index (χ3v) is 2.41. The SMILES string of the molecule is O=c1sc(=S)nc2nc(C(F)(F)F)[nH]n12. The van der Waals surface area contributed by atoms with Gasteiger partial charge in [-0.3, -0.25) is 9.89 Å². The molecule has 0 saturated carbocycles. The summed E-state index contributed by atoms with van der Waals surface area (Å²) in [6, 6.07) is 0. The lowest BCUT2D eigenvalue weighted by atomic mass is 10.6. The van der Waals surface area contributed by atoms with Crippen molar-refractivity contribution in [2.75, 3.05) is 0 Å². The molecule has 10 heteroatoms. The Labute approximate surface area is 88.2 Å². The quantitative estimate of drug-likeness (QED) is 0.718. The first-order valence-corrected chi connectivity index (χ1v) is 4.67. The Hall–Kier alpha value is -1.29. The predicted molar refractivity (Wildman–Crippen MR) is 47.3 cm³/mol. The van der Waals surface area contributed by atoms with Crippen molar-refractivity contribution in [3.05, 3.63) is 19.4 Å². The molecule has 0 amide bonds. The molecule has 0 aliphatic heterocycles. The van der Waals surface area contributed by atoms with Crippen LogP contribution < -0.4 is 4.87 Å². The maximum atomic E-state index is 12.2.